The van der Waals surface area contributed by atoms with Crippen molar-refractivity contribution in [2.75, 3.05) is 40.4 Å². The fourth-order valence-corrected chi connectivity index (χ4v) is 4.12. The molecule has 0 aromatic heterocycles. The molecule has 1 saturated heterocycles. The quantitative estimate of drug-likeness (QED) is 0.864. The van der Waals surface area contributed by atoms with Crippen LogP contribution in [0.25, 0.3) is 0 Å². The summed E-state index contributed by atoms with van der Waals surface area (Å²) in [4.78, 5) is 2.63. The highest BCUT2D eigenvalue weighted by Crippen LogP contribution is 2.46. The summed E-state index contributed by atoms with van der Waals surface area (Å²) in [7, 11) is 3.39. The van der Waals surface area contributed by atoms with E-state index in [2.05, 4.69) is 32.2 Å². The summed E-state index contributed by atoms with van der Waals surface area (Å²) in [5.41, 5.74) is 1.34. The van der Waals surface area contributed by atoms with Crippen LogP contribution < -0.4 is 14.8 Å². The van der Waals surface area contributed by atoms with Gasteiger partial charge in [0.25, 0.3) is 0 Å². The summed E-state index contributed by atoms with van der Waals surface area (Å²) in [5, 5.41) is 3.45. The smallest absolute Gasteiger partial charge is 0.161 e. The maximum atomic E-state index is 5.52. The first-order valence-electron chi connectivity index (χ1n) is 8.10. The molecule has 3 rings (SSSR count). The van der Waals surface area contributed by atoms with E-state index in [1.54, 1.807) is 14.2 Å². The number of nitrogens with zero attached hydrogens (tertiary/aromatic N) is 1. The first kappa shape index (κ1) is 16.1. The summed E-state index contributed by atoms with van der Waals surface area (Å²) >= 11 is 3.76. The second-order valence-corrected chi connectivity index (χ2v) is 7.00. The number of methoxy groups -OCH3 is 2. The highest BCUT2D eigenvalue weighted by atomic mass is 79.9. The molecule has 1 heterocycles. The highest BCUT2D eigenvalue weighted by molar-refractivity contribution is 9.10. The van der Waals surface area contributed by atoms with Crippen LogP contribution in [-0.4, -0.2) is 45.3 Å². The van der Waals surface area contributed by atoms with Crippen molar-refractivity contribution in [1.29, 1.82) is 0 Å². The lowest BCUT2D eigenvalue weighted by Crippen LogP contribution is -2.47. The SMILES string of the molecule is COc1cc(Br)c([C@H](C2CCC2)N2CCNCC2)cc1OC. The molecule has 0 spiro atoms. The number of piperazine rings is 1. The molecule has 22 heavy (non-hydrogen) atoms. The Labute approximate surface area is 141 Å². The molecule has 1 aliphatic heterocycles. The summed E-state index contributed by atoms with van der Waals surface area (Å²) < 4.78 is 12.1. The zero-order valence-corrected chi connectivity index (χ0v) is 15.0. The monoisotopic (exact) mass is 368 g/mol. The van der Waals surface area contributed by atoms with E-state index < -0.39 is 0 Å². The molecule has 0 amide bonds. The van der Waals surface area contributed by atoms with Gasteiger partial charge in [0.1, 0.15) is 0 Å². The topological polar surface area (TPSA) is 33.7 Å². The second kappa shape index (κ2) is 7.20. The van der Waals surface area contributed by atoms with Crippen LogP contribution in [0.3, 0.4) is 0 Å². The molecule has 1 saturated carbocycles. The predicted molar refractivity (Wildman–Crippen MR) is 91.8 cm³/mol. The van der Waals surface area contributed by atoms with Gasteiger partial charge in [-0.1, -0.05) is 22.4 Å². The molecule has 1 N–H and O–H groups in total. The molecule has 0 unspecified atom stereocenters. The van der Waals surface area contributed by atoms with Crippen molar-refractivity contribution in [1.82, 2.24) is 10.2 Å². The van der Waals surface area contributed by atoms with Crippen LogP contribution in [0, 0.1) is 5.92 Å². The minimum absolute atomic E-state index is 0.477. The third-order valence-corrected chi connectivity index (χ3v) is 5.65. The highest BCUT2D eigenvalue weighted by Gasteiger charge is 2.35. The zero-order valence-electron chi connectivity index (χ0n) is 13.4. The molecule has 1 aromatic rings. The number of hydrogen-bond donors (Lipinski definition) is 1. The number of hydrogen-bond acceptors (Lipinski definition) is 4. The van der Waals surface area contributed by atoms with Crippen LogP contribution in [0.1, 0.15) is 30.9 Å². The van der Waals surface area contributed by atoms with Gasteiger partial charge in [-0.3, -0.25) is 4.90 Å². The molecular weight excluding hydrogens is 344 g/mol. The zero-order chi connectivity index (χ0) is 15.5. The molecule has 1 atom stereocenters. The third kappa shape index (κ3) is 3.12. The maximum absolute atomic E-state index is 5.52. The van der Waals surface area contributed by atoms with Crippen molar-refractivity contribution in [3.8, 4) is 11.5 Å². The van der Waals surface area contributed by atoms with Gasteiger partial charge in [-0.2, -0.15) is 0 Å². The van der Waals surface area contributed by atoms with Crippen LogP contribution in [0.5, 0.6) is 11.5 Å². The Bertz CT molecular complexity index is 514. The van der Waals surface area contributed by atoms with Crippen LogP contribution in [0.2, 0.25) is 0 Å². The lowest BCUT2D eigenvalue weighted by molar-refractivity contribution is 0.0830. The molecule has 1 aliphatic carbocycles. The fraction of sp³-hybridized carbons (Fsp3) is 0.647. The Morgan fingerprint density at radius 2 is 1.77 bits per heavy atom. The van der Waals surface area contributed by atoms with Crippen molar-refractivity contribution in [2.24, 2.45) is 5.92 Å². The first-order valence-corrected chi connectivity index (χ1v) is 8.90. The van der Waals surface area contributed by atoms with Crippen molar-refractivity contribution in [3.63, 3.8) is 0 Å². The van der Waals surface area contributed by atoms with E-state index in [4.69, 9.17) is 9.47 Å². The average Bonchev–Trinajstić information content (AvgIpc) is 2.51. The summed E-state index contributed by atoms with van der Waals surface area (Å²) in [5.74, 6) is 2.36. The van der Waals surface area contributed by atoms with Gasteiger partial charge < -0.3 is 14.8 Å². The van der Waals surface area contributed by atoms with Crippen LogP contribution >= 0.6 is 15.9 Å². The molecular formula is C17H25BrN2O2. The second-order valence-electron chi connectivity index (χ2n) is 6.15. The van der Waals surface area contributed by atoms with Gasteiger partial charge in [0, 0.05) is 36.7 Å². The van der Waals surface area contributed by atoms with Crippen LogP contribution in [0.15, 0.2) is 16.6 Å². The Balaban J connectivity index is 1.95. The fourth-order valence-electron chi connectivity index (χ4n) is 3.56. The Hall–Kier alpha value is -0.780. The lowest BCUT2D eigenvalue weighted by Gasteiger charge is -2.43. The number of ether oxygens (including phenoxy) is 2. The van der Waals surface area contributed by atoms with Crippen molar-refractivity contribution < 1.29 is 9.47 Å². The van der Waals surface area contributed by atoms with Gasteiger partial charge in [0.15, 0.2) is 11.5 Å². The van der Waals surface area contributed by atoms with E-state index in [1.165, 1.54) is 24.8 Å². The molecule has 2 fully saturated rings. The Kier molecular flexibility index (Phi) is 5.26. The van der Waals surface area contributed by atoms with Gasteiger partial charge in [-0.25, -0.2) is 0 Å². The maximum Gasteiger partial charge on any atom is 0.161 e. The standard InChI is InChI=1S/C17H25BrN2O2/c1-21-15-10-13(14(18)11-16(15)22-2)17(12-4-3-5-12)20-8-6-19-7-9-20/h10-12,17,19H,3-9H2,1-2H3/t17-/m0/s1. The number of rotatable bonds is 5. The van der Waals surface area contributed by atoms with Gasteiger partial charge in [-0.15, -0.1) is 0 Å². The summed E-state index contributed by atoms with van der Waals surface area (Å²) in [6.45, 7) is 4.38. The molecule has 4 nitrogen and oxygen atoms in total. The first-order chi connectivity index (χ1) is 10.7. The minimum atomic E-state index is 0.477. The molecule has 0 bridgehead atoms. The van der Waals surface area contributed by atoms with E-state index in [0.717, 1.165) is 48.1 Å². The van der Waals surface area contributed by atoms with Crippen molar-refractivity contribution in [2.45, 2.75) is 25.3 Å². The Morgan fingerprint density at radius 1 is 1.14 bits per heavy atom. The van der Waals surface area contributed by atoms with Crippen molar-refractivity contribution in [3.05, 3.63) is 22.2 Å². The van der Waals surface area contributed by atoms with Crippen molar-refractivity contribution >= 4 is 15.9 Å². The van der Waals surface area contributed by atoms with Crippen LogP contribution in [0.4, 0.5) is 0 Å². The largest absolute Gasteiger partial charge is 0.493 e. The molecule has 0 radical (unpaired) electrons. The van der Waals surface area contributed by atoms with Gasteiger partial charge in [0.05, 0.1) is 14.2 Å². The minimum Gasteiger partial charge on any atom is -0.493 e. The lowest BCUT2D eigenvalue weighted by atomic mass is 9.76. The number of benzene rings is 1. The predicted octanol–water partition coefficient (Wildman–Crippen LogP) is 3.21. The third-order valence-electron chi connectivity index (χ3n) is 4.96. The normalized spacial score (nSPS) is 21.2. The number of nitrogens with one attached hydrogen (secondary N) is 1. The summed E-state index contributed by atoms with van der Waals surface area (Å²) in [6.07, 6.45) is 4.02. The van der Waals surface area contributed by atoms with E-state index in [1.807, 2.05) is 6.07 Å². The summed E-state index contributed by atoms with van der Waals surface area (Å²) in [6, 6.07) is 4.68. The van der Waals surface area contributed by atoms with Gasteiger partial charge >= 0.3 is 0 Å². The number of halogens is 1. The van der Waals surface area contributed by atoms with E-state index >= 15 is 0 Å². The average molecular weight is 369 g/mol. The van der Waals surface area contributed by atoms with E-state index in [9.17, 15) is 0 Å². The van der Waals surface area contributed by atoms with E-state index in [-0.39, 0.29) is 0 Å². The van der Waals surface area contributed by atoms with Gasteiger partial charge in [0.2, 0.25) is 0 Å². The van der Waals surface area contributed by atoms with E-state index in [0.29, 0.717) is 6.04 Å². The molecule has 2 aliphatic rings. The van der Waals surface area contributed by atoms with Gasteiger partial charge in [-0.05, 0) is 36.5 Å². The molecule has 5 heteroatoms. The molecule has 122 valence electrons. The van der Waals surface area contributed by atoms with Crippen LogP contribution in [-0.2, 0) is 0 Å². The molecule has 1 aromatic carbocycles. The Morgan fingerprint density at radius 3 is 2.32 bits per heavy atom.